The Balaban J connectivity index is 2.14. The Morgan fingerprint density at radius 2 is 1.54 bits per heavy atom. The summed E-state index contributed by atoms with van der Waals surface area (Å²) in [6.07, 6.45) is 0.203. The number of ether oxygens (including phenoxy) is 3. The highest BCUT2D eigenvalue weighted by molar-refractivity contribution is 6.42. The van der Waals surface area contributed by atoms with Crippen LogP contribution in [0.1, 0.15) is 11.1 Å². The molecule has 0 aliphatic rings. The van der Waals surface area contributed by atoms with Crippen molar-refractivity contribution >= 4 is 29.1 Å². The maximum absolute atomic E-state index is 12.6. The second-order valence-electron chi connectivity index (χ2n) is 5.71. The molecule has 0 saturated carbocycles. The normalized spacial score (nSPS) is 10.4. The van der Waals surface area contributed by atoms with Gasteiger partial charge in [0.2, 0.25) is 11.7 Å². The van der Waals surface area contributed by atoms with E-state index in [4.69, 9.17) is 37.4 Å². The highest BCUT2D eigenvalue weighted by atomic mass is 35.5. The molecule has 0 aliphatic carbocycles. The van der Waals surface area contributed by atoms with E-state index in [2.05, 4.69) is 0 Å². The summed E-state index contributed by atoms with van der Waals surface area (Å²) in [6.45, 7) is 0.431. The topological polar surface area (TPSA) is 48.0 Å². The number of likely N-dealkylation sites (N-methyl/N-ethyl adjacent to an activating group) is 1. The molecule has 7 heteroatoms. The van der Waals surface area contributed by atoms with Crippen molar-refractivity contribution in [1.29, 1.82) is 0 Å². The van der Waals surface area contributed by atoms with Crippen LogP contribution in [0.15, 0.2) is 30.3 Å². The molecule has 0 saturated heterocycles. The van der Waals surface area contributed by atoms with Gasteiger partial charge in [0.05, 0.1) is 37.8 Å². The van der Waals surface area contributed by atoms with Gasteiger partial charge in [0.15, 0.2) is 11.5 Å². The van der Waals surface area contributed by atoms with Gasteiger partial charge in [-0.1, -0.05) is 29.3 Å². The summed E-state index contributed by atoms with van der Waals surface area (Å²) < 4.78 is 15.9. The van der Waals surface area contributed by atoms with Gasteiger partial charge in [0, 0.05) is 13.6 Å². The number of benzene rings is 2. The first-order chi connectivity index (χ1) is 12.4. The second kappa shape index (κ2) is 9.01. The second-order valence-corrected chi connectivity index (χ2v) is 6.52. The molecule has 1 amide bonds. The van der Waals surface area contributed by atoms with E-state index in [-0.39, 0.29) is 12.3 Å². The van der Waals surface area contributed by atoms with Crippen molar-refractivity contribution in [3.63, 3.8) is 0 Å². The molecule has 2 aromatic rings. The molecule has 0 atom stereocenters. The van der Waals surface area contributed by atoms with Gasteiger partial charge in [-0.15, -0.1) is 0 Å². The van der Waals surface area contributed by atoms with Crippen LogP contribution in [0.2, 0.25) is 10.0 Å². The molecule has 0 unspecified atom stereocenters. The van der Waals surface area contributed by atoms with Crippen molar-refractivity contribution in [1.82, 2.24) is 4.90 Å². The minimum Gasteiger partial charge on any atom is -0.493 e. The Kier molecular flexibility index (Phi) is 7.00. The minimum atomic E-state index is -0.0506. The Bertz CT molecular complexity index is 770. The minimum absolute atomic E-state index is 0.0506. The van der Waals surface area contributed by atoms with Crippen LogP contribution in [0.25, 0.3) is 0 Å². The molecule has 2 rings (SSSR count). The van der Waals surface area contributed by atoms with Gasteiger partial charge in [0.1, 0.15) is 0 Å². The predicted octanol–water partition coefficient (Wildman–Crippen LogP) is 4.22. The number of nitrogens with zero attached hydrogens (tertiary/aromatic N) is 1. The van der Waals surface area contributed by atoms with Crippen molar-refractivity contribution < 1.29 is 19.0 Å². The van der Waals surface area contributed by atoms with Crippen LogP contribution in [0.4, 0.5) is 0 Å². The van der Waals surface area contributed by atoms with Crippen molar-refractivity contribution in [2.45, 2.75) is 13.0 Å². The van der Waals surface area contributed by atoms with Gasteiger partial charge in [-0.3, -0.25) is 4.79 Å². The van der Waals surface area contributed by atoms with Gasteiger partial charge in [-0.25, -0.2) is 0 Å². The number of hydrogen-bond acceptors (Lipinski definition) is 4. The van der Waals surface area contributed by atoms with Crippen LogP contribution in [-0.2, 0) is 17.8 Å². The molecule has 0 aliphatic heterocycles. The van der Waals surface area contributed by atoms with E-state index in [9.17, 15) is 4.79 Å². The number of amides is 1. The third-order valence-electron chi connectivity index (χ3n) is 3.91. The number of rotatable bonds is 7. The third-order valence-corrected chi connectivity index (χ3v) is 4.65. The molecule has 2 aromatic carbocycles. The molecule has 140 valence electrons. The van der Waals surface area contributed by atoms with E-state index in [0.717, 1.165) is 11.1 Å². The quantitative estimate of drug-likeness (QED) is 0.701. The van der Waals surface area contributed by atoms with E-state index in [1.807, 2.05) is 6.07 Å². The summed E-state index contributed by atoms with van der Waals surface area (Å²) >= 11 is 11.9. The van der Waals surface area contributed by atoms with Crippen LogP contribution in [0.5, 0.6) is 17.2 Å². The summed E-state index contributed by atoms with van der Waals surface area (Å²) in [4.78, 5) is 14.2. The average Bonchev–Trinajstić information content (AvgIpc) is 2.63. The van der Waals surface area contributed by atoms with E-state index in [0.29, 0.717) is 33.8 Å². The average molecular weight is 398 g/mol. The third kappa shape index (κ3) is 4.74. The standard InChI is InChI=1S/C19H21Cl2NO4/c1-22(11-12-5-6-14(20)15(21)7-12)18(23)10-13-8-16(24-2)19(26-4)17(9-13)25-3/h5-9H,10-11H2,1-4H3. The maximum atomic E-state index is 12.6. The summed E-state index contributed by atoms with van der Waals surface area (Å²) in [5.74, 6) is 1.48. The molecule has 0 heterocycles. The molecular weight excluding hydrogens is 377 g/mol. The first kappa shape index (κ1) is 20.2. The lowest BCUT2D eigenvalue weighted by molar-refractivity contribution is -0.129. The summed E-state index contributed by atoms with van der Waals surface area (Å²) in [7, 11) is 6.36. The fraction of sp³-hybridized carbons (Fsp3) is 0.316. The van der Waals surface area contributed by atoms with E-state index >= 15 is 0 Å². The summed E-state index contributed by atoms with van der Waals surface area (Å²) in [5, 5.41) is 0.955. The largest absolute Gasteiger partial charge is 0.493 e. The molecule has 0 radical (unpaired) electrons. The van der Waals surface area contributed by atoms with Crippen LogP contribution in [0.3, 0.4) is 0 Å². The van der Waals surface area contributed by atoms with Crippen molar-refractivity contribution in [3.05, 3.63) is 51.5 Å². The zero-order valence-corrected chi connectivity index (χ0v) is 16.6. The molecule has 26 heavy (non-hydrogen) atoms. The zero-order valence-electron chi connectivity index (χ0n) is 15.1. The van der Waals surface area contributed by atoms with Gasteiger partial charge in [-0.2, -0.15) is 0 Å². The molecule has 5 nitrogen and oxygen atoms in total. The number of carbonyl (C=O) groups is 1. The number of carbonyl (C=O) groups excluding carboxylic acids is 1. The molecule has 0 bridgehead atoms. The van der Waals surface area contributed by atoms with Gasteiger partial charge in [-0.05, 0) is 35.4 Å². The number of halogens is 2. The van der Waals surface area contributed by atoms with Gasteiger partial charge >= 0.3 is 0 Å². The lowest BCUT2D eigenvalue weighted by Gasteiger charge is -2.19. The molecule has 0 spiro atoms. The van der Waals surface area contributed by atoms with E-state index < -0.39 is 0 Å². The van der Waals surface area contributed by atoms with Crippen LogP contribution in [0, 0.1) is 0 Å². The Labute approximate surface area is 163 Å². The van der Waals surface area contributed by atoms with Crippen molar-refractivity contribution in [3.8, 4) is 17.2 Å². The first-order valence-corrected chi connectivity index (χ1v) is 8.62. The highest BCUT2D eigenvalue weighted by Gasteiger charge is 2.17. The van der Waals surface area contributed by atoms with Crippen LogP contribution < -0.4 is 14.2 Å². The van der Waals surface area contributed by atoms with Crippen LogP contribution in [-0.4, -0.2) is 39.2 Å². The number of methoxy groups -OCH3 is 3. The van der Waals surface area contributed by atoms with E-state index in [1.165, 1.54) is 7.11 Å². The maximum Gasteiger partial charge on any atom is 0.227 e. The summed E-state index contributed by atoms with van der Waals surface area (Å²) in [5.41, 5.74) is 1.67. The van der Waals surface area contributed by atoms with Gasteiger partial charge < -0.3 is 19.1 Å². The monoisotopic (exact) mass is 397 g/mol. The van der Waals surface area contributed by atoms with E-state index in [1.54, 1.807) is 50.4 Å². The Morgan fingerprint density at radius 3 is 2.04 bits per heavy atom. The molecular formula is C19H21Cl2NO4. The van der Waals surface area contributed by atoms with Crippen molar-refractivity contribution in [2.24, 2.45) is 0 Å². The molecule has 0 aromatic heterocycles. The van der Waals surface area contributed by atoms with Gasteiger partial charge in [0.25, 0.3) is 0 Å². The van der Waals surface area contributed by atoms with Crippen LogP contribution >= 0.6 is 23.2 Å². The molecule has 0 N–H and O–H groups in total. The first-order valence-electron chi connectivity index (χ1n) is 7.86. The Morgan fingerprint density at radius 1 is 0.923 bits per heavy atom. The van der Waals surface area contributed by atoms with Crippen molar-refractivity contribution in [2.75, 3.05) is 28.4 Å². The fourth-order valence-electron chi connectivity index (χ4n) is 2.55. The smallest absolute Gasteiger partial charge is 0.227 e. The fourth-order valence-corrected chi connectivity index (χ4v) is 2.87. The number of hydrogen-bond donors (Lipinski definition) is 0. The lowest BCUT2D eigenvalue weighted by atomic mass is 10.1. The summed E-state index contributed by atoms with van der Waals surface area (Å²) in [6, 6.07) is 8.86. The Hall–Kier alpha value is -2.11. The lowest BCUT2D eigenvalue weighted by Crippen LogP contribution is -2.27. The highest BCUT2D eigenvalue weighted by Crippen LogP contribution is 2.38. The SMILES string of the molecule is COc1cc(CC(=O)N(C)Cc2ccc(Cl)c(Cl)c2)cc(OC)c1OC. The predicted molar refractivity (Wildman–Crippen MR) is 103 cm³/mol. The molecule has 0 fully saturated rings. The zero-order chi connectivity index (χ0) is 19.3.